The first kappa shape index (κ1) is 9.30. The van der Waals surface area contributed by atoms with Crippen LogP contribution < -0.4 is 16.0 Å². The van der Waals surface area contributed by atoms with Gasteiger partial charge in [-0.3, -0.25) is 4.40 Å². The number of imidazole rings is 1. The van der Waals surface area contributed by atoms with Crippen LogP contribution in [0.1, 0.15) is 0 Å². The molecule has 0 aliphatic rings. The molecule has 0 radical (unpaired) electrons. The fourth-order valence-corrected chi connectivity index (χ4v) is 1.18. The Balaban J connectivity index is 2.49. The number of nitrogens with two attached hydrogens (primary N) is 1. The highest BCUT2D eigenvalue weighted by atomic mass is 16.5. The molecule has 6 heteroatoms. The Morgan fingerprint density at radius 1 is 1.67 bits per heavy atom. The molecule has 2 heterocycles. The minimum absolute atomic E-state index is 0.142. The van der Waals surface area contributed by atoms with E-state index in [0.717, 1.165) is 0 Å². The van der Waals surface area contributed by atoms with Gasteiger partial charge in [-0.05, 0) is 0 Å². The first-order valence-corrected chi connectivity index (χ1v) is 4.21. The van der Waals surface area contributed by atoms with Crippen LogP contribution >= 0.6 is 0 Å². The molecule has 0 unspecified atom stereocenters. The van der Waals surface area contributed by atoms with Crippen molar-refractivity contribution < 1.29 is 4.74 Å². The summed E-state index contributed by atoms with van der Waals surface area (Å²) in [6.07, 6.45) is 10.2. The molecular formula is C9H9N5O. The summed E-state index contributed by atoms with van der Waals surface area (Å²) in [6.45, 7) is 0.142. The predicted molar refractivity (Wildman–Crippen MR) is 55.1 cm³/mol. The molecule has 6 nitrogen and oxygen atoms in total. The molecule has 0 fully saturated rings. The molecule has 2 aromatic heterocycles. The van der Waals surface area contributed by atoms with Gasteiger partial charge in [-0.1, -0.05) is 5.92 Å². The van der Waals surface area contributed by atoms with Crippen LogP contribution in [0, 0.1) is 12.3 Å². The average Bonchev–Trinajstić information content (AvgIpc) is 2.73. The molecule has 2 aromatic rings. The first-order valence-electron chi connectivity index (χ1n) is 4.21. The van der Waals surface area contributed by atoms with Crippen LogP contribution in [0.2, 0.25) is 0 Å². The second-order valence-corrected chi connectivity index (χ2v) is 2.73. The number of aromatic nitrogens is 3. The van der Waals surface area contributed by atoms with E-state index in [1.54, 1.807) is 23.0 Å². The van der Waals surface area contributed by atoms with Gasteiger partial charge < -0.3 is 10.2 Å². The lowest BCUT2D eigenvalue weighted by Crippen LogP contribution is -2.11. The van der Waals surface area contributed by atoms with Gasteiger partial charge in [0.15, 0.2) is 12.4 Å². The predicted octanol–water partition coefficient (Wildman–Crippen LogP) is 0.0269. The molecule has 2 rings (SSSR count). The molecule has 76 valence electrons. The van der Waals surface area contributed by atoms with Gasteiger partial charge in [0.05, 0.1) is 6.20 Å². The van der Waals surface area contributed by atoms with Gasteiger partial charge in [0.25, 0.3) is 5.88 Å². The highest BCUT2D eigenvalue weighted by molar-refractivity contribution is 5.53. The van der Waals surface area contributed by atoms with Gasteiger partial charge in [0.2, 0.25) is 5.65 Å². The Morgan fingerprint density at radius 2 is 2.53 bits per heavy atom. The Morgan fingerprint density at radius 3 is 3.27 bits per heavy atom. The normalized spacial score (nSPS) is 9.87. The van der Waals surface area contributed by atoms with Gasteiger partial charge in [-0.2, -0.15) is 4.98 Å². The maximum absolute atomic E-state index is 5.27. The lowest BCUT2D eigenvalue weighted by Gasteiger charge is -2.05. The summed E-state index contributed by atoms with van der Waals surface area (Å²) >= 11 is 0. The fourth-order valence-electron chi connectivity index (χ4n) is 1.18. The molecule has 0 saturated heterocycles. The van der Waals surface area contributed by atoms with Crippen LogP contribution in [0.3, 0.4) is 0 Å². The van der Waals surface area contributed by atoms with Crippen molar-refractivity contribution in [3.63, 3.8) is 0 Å². The number of nitrogen functional groups attached to an aromatic ring is 1. The molecule has 15 heavy (non-hydrogen) atoms. The van der Waals surface area contributed by atoms with Gasteiger partial charge in [0.1, 0.15) is 0 Å². The van der Waals surface area contributed by atoms with Gasteiger partial charge in [-0.25, -0.2) is 10.8 Å². The maximum atomic E-state index is 5.27. The zero-order valence-electron chi connectivity index (χ0n) is 7.84. The minimum Gasteiger partial charge on any atom is -0.462 e. The Labute approximate surface area is 86.1 Å². The van der Waals surface area contributed by atoms with Gasteiger partial charge >= 0.3 is 0 Å². The highest BCUT2D eigenvalue weighted by Gasteiger charge is 2.07. The third-order valence-electron chi connectivity index (χ3n) is 1.78. The summed E-state index contributed by atoms with van der Waals surface area (Å²) in [6, 6.07) is 0. The summed E-state index contributed by atoms with van der Waals surface area (Å²) in [4.78, 5) is 8.18. The minimum atomic E-state index is 0.142. The second-order valence-electron chi connectivity index (χ2n) is 2.73. The molecule has 0 aromatic carbocycles. The Hall–Kier alpha value is -2.26. The van der Waals surface area contributed by atoms with Crippen molar-refractivity contribution in [3.05, 3.63) is 18.6 Å². The fraction of sp³-hybridized carbons (Fsp3) is 0.111. The summed E-state index contributed by atoms with van der Waals surface area (Å²) < 4.78 is 6.99. The monoisotopic (exact) mass is 203 g/mol. The molecule has 0 atom stereocenters. The Kier molecular flexibility index (Phi) is 2.39. The zero-order chi connectivity index (χ0) is 10.7. The van der Waals surface area contributed by atoms with E-state index in [-0.39, 0.29) is 6.61 Å². The van der Waals surface area contributed by atoms with Crippen molar-refractivity contribution in [2.75, 3.05) is 12.0 Å². The number of nitrogens with one attached hydrogen (secondary N) is 1. The van der Waals surface area contributed by atoms with Crippen molar-refractivity contribution in [1.29, 1.82) is 0 Å². The lowest BCUT2D eigenvalue weighted by molar-refractivity contribution is 0.358. The molecule has 0 spiro atoms. The lowest BCUT2D eigenvalue weighted by atomic mass is 10.6. The van der Waals surface area contributed by atoms with Crippen LogP contribution in [-0.4, -0.2) is 21.0 Å². The van der Waals surface area contributed by atoms with E-state index in [1.807, 2.05) is 0 Å². The topological polar surface area (TPSA) is 77.5 Å². The third-order valence-corrected chi connectivity index (χ3v) is 1.78. The van der Waals surface area contributed by atoms with Gasteiger partial charge in [-0.15, -0.1) is 6.42 Å². The number of hydrazine groups is 1. The number of hydrogen-bond donors (Lipinski definition) is 2. The number of ether oxygens (including phenoxy) is 1. The van der Waals surface area contributed by atoms with Crippen LogP contribution in [0.5, 0.6) is 5.88 Å². The van der Waals surface area contributed by atoms with E-state index in [1.165, 1.54) is 0 Å². The van der Waals surface area contributed by atoms with Crippen LogP contribution in [0.25, 0.3) is 5.65 Å². The van der Waals surface area contributed by atoms with Crippen LogP contribution in [0.15, 0.2) is 18.6 Å². The molecule has 3 N–H and O–H groups in total. The van der Waals surface area contributed by atoms with Crippen LogP contribution in [-0.2, 0) is 0 Å². The SMILES string of the molecule is C#CCOc1nc(NN)cn2ccnc12. The zero-order valence-corrected chi connectivity index (χ0v) is 7.84. The third kappa shape index (κ3) is 1.68. The first-order chi connectivity index (χ1) is 7.35. The quantitative estimate of drug-likeness (QED) is 0.418. The van der Waals surface area contributed by atoms with Crippen molar-refractivity contribution in [3.8, 4) is 18.2 Å². The molecule has 0 amide bonds. The number of rotatable bonds is 3. The van der Waals surface area contributed by atoms with Crippen molar-refractivity contribution in [2.45, 2.75) is 0 Å². The van der Waals surface area contributed by atoms with Crippen LogP contribution in [0.4, 0.5) is 5.82 Å². The maximum Gasteiger partial charge on any atom is 0.261 e. The second kappa shape index (κ2) is 3.86. The number of fused-ring (bicyclic) bond motifs is 1. The summed E-state index contributed by atoms with van der Waals surface area (Å²) in [7, 11) is 0. The van der Waals surface area contributed by atoms with Crippen molar-refractivity contribution >= 4 is 11.5 Å². The number of terminal acetylenes is 1. The smallest absolute Gasteiger partial charge is 0.261 e. The van der Waals surface area contributed by atoms with E-state index >= 15 is 0 Å². The van der Waals surface area contributed by atoms with E-state index in [2.05, 4.69) is 21.3 Å². The number of nitrogens with zero attached hydrogens (tertiary/aromatic N) is 3. The number of anilines is 1. The highest BCUT2D eigenvalue weighted by Crippen LogP contribution is 2.17. The van der Waals surface area contributed by atoms with Gasteiger partial charge in [0, 0.05) is 12.4 Å². The van der Waals surface area contributed by atoms with E-state index in [9.17, 15) is 0 Å². The molecule has 0 aliphatic heterocycles. The van der Waals surface area contributed by atoms with E-state index in [0.29, 0.717) is 17.3 Å². The molecule has 0 saturated carbocycles. The summed E-state index contributed by atoms with van der Waals surface area (Å²) in [5.41, 5.74) is 3.04. The largest absolute Gasteiger partial charge is 0.462 e. The summed E-state index contributed by atoms with van der Waals surface area (Å²) in [5, 5.41) is 0. The molecule has 0 bridgehead atoms. The standard InChI is InChI=1S/C9H9N5O/c1-2-5-15-9-8-11-3-4-14(8)6-7(12-9)13-10/h1,3-4,6,13H,5,10H2. The molecule has 0 aliphatic carbocycles. The summed E-state index contributed by atoms with van der Waals surface area (Å²) in [5.74, 6) is 8.46. The van der Waals surface area contributed by atoms with Crippen molar-refractivity contribution in [2.24, 2.45) is 5.84 Å². The van der Waals surface area contributed by atoms with E-state index < -0.39 is 0 Å². The molecular weight excluding hydrogens is 194 g/mol. The van der Waals surface area contributed by atoms with E-state index in [4.69, 9.17) is 17.0 Å². The average molecular weight is 203 g/mol. The van der Waals surface area contributed by atoms with Crippen molar-refractivity contribution in [1.82, 2.24) is 14.4 Å². The Bertz CT molecular complexity index is 513. The number of hydrogen-bond acceptors (Lipinski definition) is 5.